The van der Waals surface area contributed by atoms with Crippen LogP contribution in [0.15, 0.2) is 89.5 Å². The number of nitrogens with one attached hydrogen (secondary N) is 2. The highest BCUT2D eigenvalue weighted by atomic mass is 32.2. The Kier molecular flexibility index (Phi) is 6.74. The summed E-state index contributed by atoms with van der Waals surface area (Å²) in [6.07, 6.45) is -1.23. The number of para-hydroxylation sites is 2. The molecule has 5 rings (SSSR count). The Hall–Kier alpha value is -3.34. The van der Waals surface area contributed by atoms with Gasteiger partial charge in [-0.2, -0.15) is 0 Å². The summed E-state index contributed by atoms with van der Waals surface area (Å²) in [6, 6.07) is 19.7. The number of hydrogen-bond donors (Lipinski definition) is 3. The summed E-state index contributed by atoms with van der Waals surface area (Å²) in [4.78, 5) is 2.04. The highest BCUT2D eigenvalue weighted by molar-refractivity contribution is 7.90. The van der Waals surface area contributed by atoms with Gasteiger partial charge >= 0.3 is 6.36 Å². The van der Waals surface area contributed by atoms with Crippen molar-refractivity contribution in [3.63, 3.8) is 0 Å². The largest absolute Gasteiger partial charge is 0.573 e. The molecule has 1 aliphatic carbocycles. The Morgan fingerprint density at radius 2 is 1.51 bits per heavy atom. The van der Waals surface area contributed by atoms with Crippen molar-refractivity contribution in [1.29, 1.82) is 4.78 Å². The van der Waals surface area contributed by atoms with E-state index in [0.29, 0.717) is 18.5 Å². The van der Waals surface area contributed by atoms with Crippen LogP contribution in [0.5, 0.6) is 5.75 Å². The highest BCUT2D eigenvalue weighted by Gasteiger charge is 2.35. The lowest BCUT2D eigenvalue weighted by atomic mass is 9.94. The van der Waals surface area contributed by atoms with Crippen LogP contribution in [0, 0.1) is 4.78 Å². The first kappa shape index (κ1) is 25.3. The molecule has 1 aliphatic heterocycles. The number of ether oxygens (including phenoxy) is 1. The third kappa shape index (κ3) is 5.36. The molecular formula is C27H26F3N3O3S. The van der Waals surface area contributed by atoms with Crippen LogP contribution in [-0.4, -0.2) is 27.8 Å². The number of fused-ring (bicyclic) bond motifs is 2. The molecule has 0 amide bonds. The summed E-state index contributed by atoms with van der Waals surface area (Å²) in [5.74, 6) is -0.465. The van der Waals surface area contributed by atoms with Gasteiger partial charge in [-0.1, -0.05) is 42.5 Å². The lowest BCUT2D eigenvalue weighted by Gasteiger charge is -2.37. The molecule has 3 N–H and O–H groups in total. The predicted octanol–water partition coefficient (Wildman–Crippen LogP) is 5.84. The minimum absolute atomic E-state index is 0.00390. The van der Waals surface area contributed by atoms with Crippen LogP contribution in [-0.2, 0) is 22.8 Å². The molecule has 0 aromatic heterocycles. The van der Waals surface area contributed by atoms with Gasteiger partial charge in [0.25, 0.3) is 0 Å². The van der Waals surface area contributed by atoms with Gasteiger partial charge < -0.3 is 14.7 Å². The Balaban J connectivity index is 1.43. The number of halogens is 3. The minimum Gasteiger partial charge on any atom is -0.406 e. The van der Waals surface area contributed by atoms with Crippen molar-refractivity contribution in [3.05, 3.63) is 95.7 Å². The summed E-state index contributed by atoms with van der Waals surface area (Å²) in [5, 5.41) is 11.5. The zero-order valence-corrected chi connectivity index (χ0v) is 20.6. The van der Waals surface area contributed by atoms with Gasteiger partial charge in [-0.3, -0.25) is 0 Å². The third-order valence-corrected chi connectivity index (χ3v) is 8.18. The van der Waals surface area contributed by atoms with E-state index in [-0.39, 0.29) is 4.90 Å². The summed E-state index contributed by atoms with van der Waals surface area (Å²) in [5.41, 5.74) is 4.85. The van der Waals surface area contributed by atoms with Crippen LogP contribution in [0.1, 0.15) is 24.0 Å². The number of rotatable bonds is 5. The quantitative estimate of drug-likeness (QED) is 0.388. The fourth-order valence-corrected chi connectivity index (χ4v) is 6.24. The first-order valence-electron chi connectivity index (χ1n) is 11.9. The molecule has 1 unspecified atom stereocenters. The summed E-state index contributed by atoms with van der Waals surface area (Å²) in [6.45, 7) is 0. The first-order chi connectivity index (χ1) is 17.6. The van der Waals surface area contributed by atoms with Gasteiger partial charge in [-0.05, 0) is 73.2 Å². The van der Waals surface area contributed by atoms with Crippen molar-refractivity contribution in [2.45, 2.75) is 49.1 Å². The van der Waals surface area contributed by atoms with Crippen LogP contribution >= 0.6 is 0 Å². The number of benzene rings is 3. The molecule has 0 bridgehead atoms. The molecule has 0 spiro atoms. The molecule has 0 radical (unpaired) electrons. The normalized spacial score (nSPS) is 21.2. The molecule has 37 heavy (non-hydrogen) atoms. The van der Waals surface area contributed by atoms with E-state index in [9.17, 15) is 22.5 Å². The number of nitrogens with zero attached hydrogens (tertiary/aromatic N) is 1. The second-order valence-corrected chi connectivity index (χ2v) is 10.9. The fourth-order valence-electron chi connectivity index (χ4n) is 4.91. The average molecular weight is 530 g/mol. The van der Waals surface area contributed by atoms with Crippen LogP contribution in [0.25, 0.3) is 0 Å². The van der Waals surface area contributed by atoms with Gasteiger partial charge in [-0.25, -0.2) is 13.7 Å². The maximum Gasteiger partial charge on any atom is 0.573 e. The summed E-state index contributed by atoms with van der Waals surface area (Å²) < 4.78 is 65.7. The molecule has 2 aliphatic rings. The smallest absolute Gasteiger partial charge is 0.406 e. The minimum atomic E-state index is -4.85. The van der Waals surface area contributed by atoms with Crippen LogP contribution in [0.2, 0.25) is 0 Å². The van der Waals surface area contributed by atoms with E-state index in [0.717, 1.165) is 59.6 Å². The van der Waals surface area contributed by atoms with E-state index in [1.54, 1.807) is 0 Å². The van der Waals surface area contributed by atoms with Crippen LogP contribution in [0.4, 0.5) is 24.5 Å². The fraction of sp³-hybridized carbons (Fsp3) is 0.259. The van der Waals surface area contributed by atoms with E-state index in [1.165, 1.54) is 0 Å². The summed E-state index contributed by atoms with van der Waals surface area (Å²) >= 11 is 0. The molecule has 10 heteroatoms. The molecule has 194 valence electrons. The molecule has 1 heterocycles. The number of hydrogen-bond acceptors (Lipinski definition) is 5. The van der Waals surface area contributed by atoms with Crippen molar-refractivity contribution in [1.82, 2.24) is 4.72 Å². The molecule has 0 fully saturated rings. The average Bonchev–Trinajstić information content (AvgIpc) is 3.02. The van der Waals surface area contributed by atoms with Gasteiger partial charge in [0.1, 0.15) is 21.8 Å². The van der Waals surface area contributed by atoms with Crippen molar-refractivity contribution >= 4 is 21.3 Å². The molecule has 0 saturated heterocycles. The maximum atomic E-state index is 13.3. The Labute approximate surface area is 213 Å². The topological polar surface area (TPSA) is 85.7 Å². The van der Waals surface area contributed by atoms with Gasteiger partial charge in [0.05, 0.1) is 10.9 Å². The molecule has 0 saturated carbocycles. The standard InChI is InChI=1S/C27H26F3N3O3S/c28-27(29,30)36-20-14-16-21(17-15-20)37(31,35)32-22-8-5-11-25(26(22)34)33-23-9-3-1-6-18(23)12-13-19-7-2-4-10-24(19)33/h1-4,6-7,9-11,14-17,22,26,34H,5,8,12-13H2,(H2,31,32,35)/t22-,26-,37?/m0/s1. The number of aliphatic hydroxyl groups is 1. The number of aryl methyl sites for hydroxylation is 2. The Morgan fingerprint density at radius 3 is 2.08 bits per heavy atom. The lowest BCUT2D eigenvalue weighted by molar-refractivity contribution is -0.274. The second-order valence-electron chi connectivity index (χ2n) is 9.04. The molecular weight excluding hydrogens is 503 g/mol. The number of alkyl halides is 3. The summed E-state index contributed by atoms with van der Waals surface area (Å²) in [7, 11) is -3.63. The third-order valence-electron chi connectivity index (χ3n) is 6.61. The lowest BCUT2D eigenvalue weighted by Crippen LogP contribution is -2.47. The zero-order valence-electron chi connectivity index (χ0n) is 19.7. The number of anilines is 2. The van der Waals surface area contributed by atoms with E-state index >= 15 is 0 Å². The Morgan fingerprint density at radius 1 is 0.946 bits per heavy atom. The van der Waals surface area contributed by atoms with E-state index in [4.69, 9.17) is 4.78 Å². The number of aliphatic hydroxyl groups excluding tert-OH is 1. The van der Waals surface area contributed by atoms with Crippen molar-refractivity contribution in [3.8, 4) is 5.75 Å². The van der Waals surface area contributed by atoms with Crippen molar-refractivity contribution < 1.29 is 27.2 Å². The first-order valence-corrected chi connectivity index (χ1v) is 13.4. The highest BCUT2D eigenvalue weighted by Crippen LogP contribution is 2.41. The van der Waals surface area contributed by atoms with Gasteiger partial charge in [0.2, 0.25) is 0 Å². The van der Waals surface area contributed by atoms with Crippen molar-refractivity contribution in [2.75, 3.05) is 4.90 Å². The molecule has 3 aromatic carbocycles. The van der Waals surface area contributed by atoms with Crippen LogP contribution < -0.4 is 14.4 Å². The maximum absolute atomic E-state index is 13.3. The monoisotopic (exact) mass is 529 g/mol. The number of allylic oxidation sites excluding steroid dienone is 1. The van der Waals surface area contributed by atoms with Crippen molar-refractivity contribution in [2.24, 2.45) is 0 Å². The molecule has 3 atom stereocenters. The zero-order chi connectivity index (χ0) is 26.2. The van der Waals surface area contributed by atoms with E-state index < -0.39 is 34.2 Å². The van der Waals surface area contributed by atoms with Gasteiger partial charge in [0.15, 0.2) is 0 Å². The van der Waals surface area contributed by atoms with E-state index in [2.05, 4.69) is 21.6 Å². The SMILES string of the molecule is N=S(=O)(N[C@H]1CCC=C(N2c3ccccc3CCc3ccccc32)[C@H]1O)c1ccc(OC(F)(F)F)cc1. The second kappa shape index (κ2) is 9.85. The predicted molar refractivity (Wildman–Crippen MR) is 135 cm³/mol. The Bertz CT molecular complexity index is 1380. The molecule has 6 nitrogen and oxygen atoms in total. The van der Waals surface area contributed by atoms with Crippen LogP contribution in [0.3, 0.4) is 0 Å². The molecule has 3 aromatic rings. The van der Waals surface area contributed by atoms with E-state index in [1.807, 2.05) is 47.4 Å². The van der Waals surface area contributed by atoms with Gasteiger partial charge in [-0.15, -0.1) is 13.2 Å². The van der Waals surface area contributed by atoms with Gasteiger partial charge in [0, 0.05) is 17.1 Å².